The number of carboxylic acid groups (broad SMARTS) is 2. The average molecular weight is 417 g/mol. The van der Waals surface area contributed by atoms with Gasteiger partial charge in [0.25, 0.3) is 0 Å². The molecular formula is C19H22Cl2O6. The zero-order chi connectivity index (χ0) is 21.0. The second-order valence-corrected chi connectivity index (χ2v) is 6.32. The number of rotatable bonds is 4. The molecule has 0 heterocycles. The van der Waals surface area contributed by atoms with Gasteiger partial charge in [-0.15, -0.1) is 0 Å². The summed E-state index contributed by atoms with van der Waals surface area (Å²) in [4.78, 5) is 20.7. The third-order valence-corrected chi connectivity index (χ3v) is 3.55. The summed E-state index contributed by atoms with van der Waals surface area (Å²) in [6.45, 7) is 3.32. The molecule has 6 nitrogen and oxygen atoms in total. The maximum Gasteiger partial charge on any atom is 0.337 e. The summed E-state index contributed by atoms with van der Waals surface area (Å²) in [5.74, 6) is -1.99. The fourth-order valence-electron chi connectivity index (χ4n) is 1.76. The number of carboxylic acids is 2. The molecule has 2 unspecified atom stereocenters. The molecule has 0 aromatic heterocycles. The Hall–Kier alpha value is -2.12. The van der Waals surface area contributed by atoms with E-state index < -0.39 is 11.9 Å². The van der Waals surface area contributed by atoms with Crippen LogP contribution in [-0.4, -0.2) is 44.6 Å². The number of aromatic carboxylic acids is 2. The number of carbonyl (C=O) groups is 2. The zero-order valence-corrected chi connectivity index (χ0v) is 16.4. The van der Waals surface area contributed by atoms with Gasteiger partial charge in [-0.2, -0.15) is 0 Å². The van der Waals surface area contributed by atoms with E-state index in [1.165, 1.54) is 12.1 Å². The second kappa shape index (κ2) is 13.1. The molecule has 2 rings (SSSR count). The van der Waals surface area contributed by atoms with E-state index in [-0.39, 0.29) is 33.4 Å². The van der Waals surface area contributed by atoms with E-state index in [2.05, 4.69) is 0 Å². The first-order valence-corrected chi connectivity index (χ1v) is 8.63. The van der Waals surface area contributed by atoms with Gasteiger partial charge >= 0.3 is 11.9 Å². The molecule has 0 bridgehead atoms. The monoisotopic (exact) mass is 416 g/mol. The highest BCUT2D eigenvalue weighted by Crippen LogP contribution is 2.14. The minimum absolute atomic E-state index is 0.143. The molecule has 2 atom stereocenters. The van der Waals surface area contributed by atoms with Crippen molar-refractivity contribution in [1.82, 2.24) is 0 Å². The van der Waals surface area contributed by atoms with Crippen molar-refractivity contribution in [2.45, 2.75) is 32.5 Å². The van der Waals surface area contributed by atoms with E-state index in [1.54, 1.807) is 50.2 Å². The Balaban J connectivity index is 0.000000384. The highest BCUT2D eigenvalue weighted by Gasteiger charge is 2.05. The van der Waals surface area contributed by atoms with Crippen molar-refractivity contribution in [1.29, 1.82) is 0 Å². The lowest BCUT2D eigenvalue weighted by molar-refractivity contribution is 0.0686. The Labute approximate surface area is 167 Å². The van der Waals surface area contributed by atoms with Gasteiger partial charge in [-0.1, -0.05) is 47.5 Å². The van der Waals surface area contributed by atoms with Crippen LogP contribution in [0.3, 0.4) is 0 Å². The van der Waals surface area contributed by atoms with Gasteiger partial charge in [-0.25, -0.2) is 9.59 Å². The summed E-state index contributed by atoms with van der Waals surface area (Å²) >= 11 is 11.1. The van der Waals surface area contributed by atoms with Crippen LogP contribution in [0.5, 0.6) is 0 Å². The Morgan fingerprint density at radius 1 is 0.778 bits per heavy atom. The maximum atomic E-state index is 10.3. The van der Waals surface area contributed by atoms with Crippen LogP contribution < -0.4 is 0 Å². The smallest absolute Gasteiger partial charge is 0.337 e. The van der Waals surface area contributed by atoms with E-state index in [4.69, 9.17) is 43.6 Å². The SMILES string of the molecule is CC(O)CC(C)O.O=C(O)c1ccccc1Cl.O=C(O)c1ccccc1Cl. The molecule has 4 N–H and O–H groups in total. The van der Waals surface area contributed by atoms with Crippen molar-refractivity contribution >= 4 is 35.1 Å². The van der Waals surface area contributed by atoms with Crippen molar-refractivity contribution < 1.29 is 30.0 Å². The molecule has 8 heteroatoms. The minimum Gasteiger partial charge on any atom is -0.478 e. The molecule has 2 aromatic rings. The second-order valence-electron chi connectivity index (χ2n) is 5.50. The third-order valence-electron chi connectivity index (χ3n) is 2.89. The summed E-state index contributed by atoms with van der Waals surface area (Å²) in [7, 11) is 0. The quantitative estimate of drug-likeness (QED) is 0.592. The summed E-state index contributed by atoms with van der Waals surface area (Å²) in [5.41, 5.74) is 0.285. The molecule has 27 heavy (non-hydrogen) atoms. The highest BCUT2D eigenvalue weighted by atomic mass is 35.5. The first kappa shape index (κ1) is 24.9. The van der Waals surface area contributed by atoms with Gasteiger partial charge in [0.15, 0.2) is 0 Å². The van der Waals surface area contributed by atoms with Gasteiger partial charge in [-0.3, -0.25) is 0 Å². The van der Waals surface area contributed by atoms with Gasteiger partial charge in [-0.05, 0) is 44.5 Å². The standard InChI is InChI=1S/2C7H5ClO2.C5H12O2/c2*8-6-4-2-1-3-5(6)7(9)10;1-4(6)3-5(2)7/h2*1-4H,(H,9,10);4-7H,3H2,1-2H3. The number of aliphatic hydroxyl groups excluding tert-OH is 2. The van der Waals surface area contributed by atoms with Crippen LogP contribution in [0.15, 0.2) is 48.5 Å². The lowest BCUT2D eigenvalue weighted by Gasteiger charge is -2.04. The van der Waals surface area contributed by atoms with E-state index in [9.17, 15) is 9.59 Å². The van der Waals surface area contributed by atoms with Crippen LogP contribution in [0.4, 0.5) is 0 Å². The maximum absolute atomic E-state index is 10.3. The molecular weight excluding hydrogens is 395 g/mol. The molecule has 0 amide bonds. The molecule has 0 aliphatic carbocycles. The van der Waals surface area contributed by atoms with Gasteiger partial charge in [0.1, 0.15) is 0 Å². The van der Waals surface area contributed by atoms with Crippen molar-refractivity contribution in [2.24, 2.45) is 0 Å². The molecule has 0 saturated carbocycles. The van der Waals surface area contributed by atoms with Crippen molar-refractivity contribution in [3.8, 4) is 0 Å². The van der Waals surface area contributed by atoms with Crippen molar-refractivity contribution in [3.63, 3.8) is 0 Å². The van der Waals surface area contributed by atoms with Gasteiger partial charge < -0.3 is 20.4 Å². The summed E-state index contributed by atoms with van der Waals surface area (Å²) < 4.78 is 0. The molecule has 2 aromatic carbocycles. The Morgan fingerprint density at radius 2 is 1.07 bits per heavy atom. The van der Waals surface area contributed by atoms with Crippen LogP contribution in [0.1, 0.15) is 41.0 Å². The first-order valence-electron chi connectivity index (χ1n) is 7.88. The molecule has 148 valence electrons. The molecule has 0 aliphatic heterocycles. The average Bonchev–Trinajstić information content (AvgIpc) is 2.55. The Morgan fingerprint density at radius 3 is 1.22 bits per heavy atom. The largest absolute Gasteiger partial charge is 0.478 e. The Bertz CT molecular complexity index is 670. The van der Waals surface area contributed by atoms with Crippen molar-refractivity contribution in [3.05, 3.63) is 69.7 Å². The predicted octanol–water partition coefficient (Wildman–Crippen LogP) is 4.21. The minimum atomic E-state index is -0.995. The lowest BCUT2D eigenvalue weighted by atomic mass is 10.2. The summed E-state index contributed by atoms with van der Waals surface area (Å²) in [6.07, 6.45) is -0.278. The fraction of sp³-hybridized carbons (Fsp3) is 0.263. The number of benzene rings is 2. The highest BCUT2D eigenvalue weighted by molar-refractivity contribution is 6.33. The van der Waals surface area contributed by atoms with Crippen LogP contribution in [0.25, 0.3) is 0 Å². The molecule has 0 saturated heterocycles. The van der Waals surface area contributed by atoms with Gasteiger partial charge in [0.05, 0.1) is 33.4 Å². The Kier molecular flexibility index (Phi) is 12.1. The van der Waals surface area contributed by atoms with Gasteiger partial charge in [0, 0.05) is 0 Å². The number of aliphatic hydroxyl groups is 2. The normalized spacial score (nSPS) is 11.8. The van der Waals surface area contributed by atoms with E-state index >= 15 is 0 Å². The van der Waals surface area contributed by atoms with Crippen LogP contribution in [0.2, 0.25) is 10.0 Å². The zero-order valence-electron chi connectivity index (χ0n) is 14.8. The number of halogens is 2. The molecule has 0 spiro atoms. The number of hydrogen-bond donors (Lipinski definition) is 4. The van der Waals surface area contributed by atoms with Crippen molar-refractivity contribution in [2.75, 3.05) is 0 Å². The molecule has 0 fully saturated rings. The summed E-state index contributed by atoms with van der Waals surface area (Å²) in [5, 5.41) is 34.6. The lowest BCUT2D eigenvalue weighted by Crippen LogP contribution is -2.10. The topological polar surface area (TPSA) is 115 Å². The first-order chi connectivity index (χ1) is 12.6. The van der Waals surface area contributed by atoms with Gasteiger partial charge in [0.2, 0.25) is 0 Å². The van der Waals surface area contributed by atoms with E-state index in [0.29, 0.717) is 6.42 Å². The predicted molar refractivity (Wildman–Crippen MR) is 105 cm³/mol. The molecule has 0 aliphatic rings. The van der Waals surface area contributed by atoms with E-state index in [1.807, 2.05) is 0 Å². The van der Waals surface area contributed by atoms with Crippen LogP contribution >= 0.6 is 23.2 Å². The van der Waals surface area contributed by atoms with E-state index in [0.717, 1.165) is 0 Å². The number of hydrogen-bond acceptors (Lipinski definition) is 4. The molecule has 0 radical (unpaired) electrons. The summed E-state index contributed by atoms with van der Waals surface area (Å²) in [6, 6.07) is 12.7. The third kappa shape index (κ3) is 11.2. The van der Waals surface area contributed by atoms with Crippen LogP contribution in [0, 0.1) is 0 Å². The fourth-order valence-corrected chi connectivity index (χ4v) is 2.20. The van der Waals surface area contributed by atoms with Crippen LogP contribution in [-0.2, 0) is 0 Å².